The Morgan fingerprint density at radius 2 is 1.38 bits per heavy atom. The van der Waals surface area contributed by atoms with Gasteiger partial charge in [-0.3, -0.25) is 0 Å². The number of esters is 1. The molecule has 9 heteroatoms. The predicted molar refractivity (Wildman–Crippen MR) is 245 cm³/mol. The maximum Gasteiger partial charge on any atom is 0.351 e. The van der Waals surface area contributed by atoms with Crippen LogP contribution in [0, 0.1) is 11.7 Å². The molecule has 0 fully saturated rings. The Bertz CT molecular complexity index is 1870. The molecule has 4 aromatic heterocycles. The Kier molecular flexibility index (Phi) is 19.2. The number of ether oxygens (including phenoxy) is 3. The van der Waals surface area contributed by atoms with E-state index in [1.54, 1.807) is 22.7 Å². The van der Waals surface area contributed by atoms with Gasteiger partial charge in [-0.05, 0) is 68.4 Å². The predicted octanol–water partition coefficient (Wildman–Crippen LogP) is 16.9. The molecule has 0 N–H and O–H groups in total. The molecule has 0 amide bonds. The summed E-state index contributed by atoms with van der Waals surface area (Å²) in [4.78, 5) is 15.1. The van der Waals surface area contributed by atoms with E-state index < -0.39 is 11.8 Å². The average Bonchev–Trinajstić information content (AvgIpc) is 4.02. The van der Waals surface area contributed by atoms with Crippen molar-refractivity contribution in [2.24, 2.45) is 5.92 Å². The number of carbonyl (C=O) groups is 1. The summed E-state index contributed by atoms with van der Waals surface area (Å²) in [5.74, 6) is 1.07. The van der Waals surface area contributed by atoms with Crippen LogP contribution < -0.4 is 9.47 Å². The molecule has 4 heterocycles. The molecular weight excluding hydrogens is 776 g/mol. The molecule has 306 valence electrons. The molecule has 0 spiro atoms. The van der Waals surface area contributed by atoms with Crippen molar-refractivity contribution in [2.75, 3.05) is 19.8 Å². The number of unbranched alkanes of at least 4 members (excludes halogenated alkanes) is 15. The quantitative estimate of drug-likeness (QED) is 0.0262. The lowest BCUT2D eigenvalue weighted by Crippen LogP contribution is -2.14. The van der Waals surface area contributed by atoms with Gasteiger partial charge in [0.05, 0.1) is 34.1 Å². The molecular formula is C47H63FO4S4. The van der Waals surface area contributed by atoms with E-state index in [9.17, 15) is 4.79 Å². The minimum Gasteiger partial charge on any atom is -0.491 e. The van der Waals surface area contributed by atoms with Crippen LogP contribution in [0.25, 0.3) is 40.0 Å². The Morgan fingerprint density at radius 3 is 1.98 bits per heavy atom. The molecule has 56 heavy (non-hydrogen) atoms. The molecule has 0 saturated carbocycles. The van der Waals surface area contributed by atoms with Gasteiger partial charge < -0.3 is 14.2 Å². The van der Waals surface area contributed by atoms with Crippen LogP contribution in [0.2, 0.25) is 0 Å². The summed E-state index contributed by atoms with van der Waals surface area (Å²) in [7, 11) is 0. The van der Waals surface area contributed by atoms with Gasteiger partial charge in [0.15, 0.2) is 5.82 Å². The first-order valence-electron chi connectivity index (χ1n) is 21.3. The molecule has 0 aliphatic rings. The summed E-state index contributed by atoms with van der Waals surface area (Å²) < 4.78 is 38.2. The topological polar surface area (TPSA) is 44.8 Å². The summed E-state index contributed by atoms with van der Waals surface area (Å²) in [5.41, 5.74) is 0. The van der Waals surface area contributed by atoms with Gasteiger partial charge in [-0.25, -0.2) is 9.18 Å². The smallest absolute Gasteiger partial charge is 0.351 e. The maximum absolute atomic E-state index is 16.3. The Hall–Kier alpha value is -2.72. The third-order valence-corrected chi connectivity index (χ3v) is 15.1. The molecule has 1 unspecified atom stereocenters. The monoisotopic (exact) mass is 838 g/mol. The number of rotatable bonds is 30. The van der Waals surface area contributed by atoms with Crippen molar-refractivity contribution in [3.8, 4) is 21.3 Å². The number of hydrogen-bond acceptors (Lipinski definition) is 8. The van der Waals surface area contributed by atoms with Crippen LogP contribution >= 0.6 is 45.3 Å². The highest BCUT2D eigenvalue weighted by Gasteiger charge is 2.27. The number of fused-ring (bicyclic) bond motifs is 3. The van der Waals surface area contributed by atoms with E-state index in [4.69, 9.17) is 14.2 Å². The fourth-order valence-corrected chi connectivity index (χ4v) is 11.7. The SMILES string of the molecule is C=CCCCCCCCCCOc1c2cc(-c3scc4sc(C(=O)OCC(CC)CCCC)c(F)c34)sc2c(OCCCCCCCCCC=C)c2ccsc12. The maximum atomic E-state index is 16.3. The van der Waals surface area contributed by atoms with Crippen molar-refractivity contribution < 1.29 is 23.4 Å². The summed E-state index contributed by atoms with van der Waals surface area (Å²) in [6, 6.07) is 4.32. The minimum absolute atomic E-state index is 0.0672. The third kappa shape index (κ3) is 12.2. The van der Waals surface area contributed by atoms with Gasteiger partial charge >= 0.3 is 5.97 Å². The van der Waals surface area contributed by atoms with Crippen molar-refractivity contribution in [2.45, 2.75) is 142 Å². The fourth-order valence-electron chi connectivity index (χ4n) is 7.30. The van der Waals surface area contributed by atoms with Crippen LogP contribution in [0.5, 0.6) is 11.5 Å². The van der Waals surface area contributed by atoms with E-state index in [1.807, 2.05) is 17.5 Å². The molecule has 1 aromatic carbocycles. The zero-order valence-electron chi connectivity index (χ0n) is 33.9. The van der Waals surface area contributed by atoms with Gasteiger partial charge in [-0.1, -0.05) is 109 Å². The van der Waals surface area contributed by atoms with Crippen molar-refractivity contribution in [1.29, 1.82) is 0 Å². The van der Waals surface area contributed by atoms with E-state index in [0.717, 1.165) is 110 Å². The highest BCUT2D eigenvalue weighted by Crippen LogP contribution is 2.53. The minimum atomic E-state index is -0.557. The van der Waals surface area contributed by atoms with Crippen LogP contribution in [0.15, 0.2) is 48.2 Å². The van der Waals surface area contributed by atoms with E-state index in [-0.39, 0.29) is 4.88 Å². The van der Waals surface area contributed by atoms with E-state index >= 15 is 4.39 Å². The van der Waals surface area contributed by atoms with Crippen LogP contribution in [-0.4, -0.2) is 25.8 Å². The lowest BCUT2D eigenvalue weighted by Gasteiger charge is -2.14. The van der Waals surface area contributed by atoms with Crippen molar-refractivity contribution in [3.05, 3.63) is 58.9 Å². The Labute approximate surface area is 351 Å². The van der Waals surface area contributed by atoms with Gasteiger partial charge in [-0.15, -0.1) is 58.5 Å². The van der Waals surface area contributed by atoms with E-state index in [1.165, 1.54) is 86.9 Å². The number of halogens is 1. The second-order valence-corrected chi connectivity index (χ2v) is 18.9. The number of allylic oxidation sites excluding steroid dienone is 2. The molecule has 5 rings (SSSR count). The largest absolute Gasteiger partial charge is 0.491 e. The second-order valence-electron chi connectivity index (χ2n) is 15.0. The van der Waals surface area contributed by atoms with Crippen LogP contribution in [0.3, 0.4) is 0 Å². The lowest BCUT2D eigenvalue weighted by molar-refractivity contribution is 0.0429. The van der Waals surface area contributed by atoms with Crippen LogP contribution in [-0.2, 0) is 4.74 Å². The Balaban J connectivity index is 1.35. The molecule has 1 atom stereocenters. The fraction of sp³-hybridized carbons (Fsp3) is 0.553. The van der Waals surface area contributed by atoms with Crippen molar-refractivity contribution >= 4 is 81.6 Å². The Morgan fingerprint density at radius 1 is 0.768 bits per heavy atom. The highest BCUT2D eigenvalue weighted by atomic mass is 32.1. The number of hydrogen-bond donors (Lipinski definition) is 0. The zero-order valence-corrected chi connectivity index (χ0v) is 37.1. The summed E-state index contributed by atoms with van der Waals surface area (Å²) in [5, 5.41) is 6.72. The molecule has 0 aliphatic heterocycles. The molecule has 0 aliphatic carbocycles. The average molecular weight is 839 g/mol. The number of benzene rings is 1. The van der Waals surface area contributed by atoms with Crippen LogP contribution in [0.1, 0.15) is 152 Å². The zero-order chi connectivity index (χ0) is 39.5. The molecule has 4 nitrogen and oxygen atoms in total. The molecule has 0 bridgehead atoms. The lowest BCUT2D eigenvalue weighted by atomic mass is 10.0. The van der Waals surface area contributed by atoms with E-state index in [0.29, 0.717) is 31.1 Å². The number of thiophene rings is 4. The normalized spacial score (nSPS) is 12.2. The van der Waals surface area contributed by atoms with Gasteiger partial charge in [0.1, 0.15) is 16.4 Å². The summed E-state index contributed by atoms with van der Waals surface area (Å²) >= 11 is 6.06. The first-order valence-corrected chi connectivity index (χ1v) is 24.7. The first kappa shape index (κ1) is 44.4. The molecule has 0 saturated heterocycles. The van der Waals surface area contributed by atoms with Crippen LogP contribution in [0.4, 0.5) is 4.39 Å². The first-order chi connectivity index (χ1) is 27.5. The molecule has 0 radical (unpaired) electrons. The molecule has 5 aromatic rings. The second kappa shape index (κ2) is 24.3. The van der Waals surface area contributed by atoms with E-state index in [2.05, 4.69) is 44.5 Å². The highest BCUT2D eigenvalue weighted by molar-refractivity contribution is 7.29. The van der Waals surface area contributed by atoms with Gasteiger partial charge in [0.2, 0.25) is 0 Å². The van der Waals surface area contributed by atoms with Crippen molar-refractivity contribution in [3.63, 3.8) is 0 Å². The van der Waals surface area contributed by atoms with Gasteiger partial charge in [0.25, 0.3) is 0 Å². The summed E-state index contributed by atoms with van der Waals surface area (Å²) in [6.45, 7) is 13.6. The number of carbonyl (C=O) groups excluding carboxylic acids is 1. The third-order valence-electron chi connectivity index (χ3n) is 10.7. The van der Waals surface area contributed by atoms with Crippen molar-refractivity contribution in [1.82, 2.24) is 0 Å². The summed E-state index contributed by atoms with van der Waals surface area (Å²) in [6.07, 6.45) is 27.3. The van der Waals surface area contributed by atoms with Gasteiger partial charge in [-0.2, -0.15) is 0 Å². The standard InChI is InChI=1S/C47H63FO4S4/c1-5-9-12-14-16-18-20-22-24-28-50-41-35-27-30-53-43(35)42(51-29-25-23-21-19-17-15-13-10-6-2)36-31-37(55-44(36)41)45-39-38(33-54-45)56-46(40(39)48)47(49)52-32-34(8-4)26-11-7-3/h5-6,27,30-31,33-34H,1-2,7-26,28-29,32H2,3-4H3. The van der Waals surface area contributed by atoms with Gasteiger partial charge in [0, 0.05) is 31.1 Å².